The van der Waals surface area contributed by atoms with Crippen LogP contribution >= 0.6 is 0 Å². The fourth-order valence-electron chi connectivity index (χ4n) is 2.58. The predicted octanol–water partition coefficient (Wildman–Crippen LogP) is 1.89. The molecule has 20 heavy (non-hydrogen) atoms. The Bertz CT molecular complexity index is 613. The number of carbonyl (C=O) groups is 1. The molecule has 1 aliphatic carbocycles. The Balaban J connectivity index is 1.77. The SMILES string of the molecule is CNCc1cn(CC(=O)NCC2CC2)c2ccccc12. The molecule has 106 valence electrons. The number of benzene rings is 1. The third-order valence-electron chi connectivity index (χ3n) is 3.84. The number of fused-ring (bicyclic) bond motifs is 1. The standard InChI is InChI=1S/C16H21N3O/c1-17-9-13-10-19(15-5-3-2-4-14(13)15)11-16(20)18-8-12-6-7-12/h2-5,10,12,17H,6-9,11H2,1H3,(H,18,20). The van der Waals surface area contributed by atoms with Gasteiger partial charge in [-0.1, -0.05) is 18.2 Å². The highest BCUT2D eigenvalue weighted by Crippen LogP contribution is 2.27. The van der Waals surface area contributed by atoms with E-state index in [9.17, 15) is 4.79 Å². The summed E-state index contributed by atoms with van der Waals surface area (Å²) in [6.07, 6.45) is 4.61. The van der Waals surface area contributed by atoms with Crippen molar-refractivity contribution in [1.82, 2.24) is 15.2 Å². The van der Waals surface area contributed by atoms with Gasteiger partial charge in [0.05, 0.1) is 0 Å². The number of hydrogen-bond acceptors (Lipinski definition) is 2. The third-order valence-corrected chi connectivity index (χ3v) is 3.84. The Morgan fingerprint density at radius 1 is 1.35 bits per heavy atom. The third kappa shape index (κ3) is 2.85. The van der Waals surface area contributed by atoms with Gasteiger partial charge in [-0.15, -0.1) is 0 Å². The van der Waals surface area contributed by atoms with Gasteiger partial charge in [0.1, 0.15) is 6.54 Å². The molecule has 3 rings (SSSR count). The minimum absolute atomic E-state index is 0.105. The highest BCUT2D eigenvalue weighted by atomic mass is 16.1. The molecule has 1 heterocycles. The lowest BCUT2D eigenvalue weighted by Gasteiger charge is -2.06. The van der Waals surface area contributed by atoms with Crippen molar-refractivity contribution < 1.29 is 4.79 Å². The topological polar surface area (TPSA) is 46.1 Å². The van der Waals surface area contributed by atoms with Crippen LogP contribution in [-0.4, -0.2) is 24.1 Å². The summed E-state index contributed by atoms with van der Waals surface area (Å²) in [4.78, 5) is 12.0. The predicted molar refractivity (Wildman–Crippen MR) is 80.4 cm³/mol. The number of rotatable bonds is 6. The van der Waals surface area contributed by atoms with E-state index in [0.29, 0.717) is 6.54 Å². The first-order valence-electron chi connectivity index (χ1n) is 7.26. The zero-order valence-corrected chi connectivity index (χ0v) is 11.9. The summed E-state index contributed by atoms with van der Waals surface area (Å²) in [5.74, 6) is 0.828. The van der Waals surface area contributed by atoms with Crippen LogP contribution in [0.3, 0.4) is 0 Å². The Labute approximate surface area is 119 Å². The summed E-state index contributed by atoms with van der Waals surface area (Å²) in [7, 11) is 1.94. The van der Waals surface area contributed by atoms with Crippen molar-refractivity contribution in [3.8, 4) is 0 Å². The van der Waals surface area contributed by atoms with Crippen LogP contribution in [0, 0.1) is 5.92 Å². The van der Waals surface area contributed by atoms with Crippen molar-refractivity contribution in [2.45, 2.75) is 25.9 Å². The maximum atomic E-state index is 12.0. The highest BCUT2D eigenvalue weighted by molar-refractivity contribution is 5.86. The number of aromatic nitrogens is 1. The van der Waals surface area contributed by atoms with Gasteiger partial charge in [0.2, 0.25) is 5.91 Å². The first kappa shape index (κ1) is 13.2. The van der Waals surface area contributed by atoms with Gasteiger partial charge in [-0.25, -0.2) is 0 Å². The molecular weight excluding hydrogens is 250 g/mol. The molecule has 0 atom stereocenters. The molecule has 4 heteroatoms. The first-order chi connectivity index (χ1) is 9.78. The van der Waals surface area contributed by atoms with Crippen LogP contribution in [-0.2, 0) is 17.9 Å². The molecule has 1 aromatic carbocycles. The number of hydrogen-bond donors (Lipinski definition) is 2. The average molecular weight is 271 g/mol. The van der Waals surface area contributed by atoms with Crippen molar-refractivity contribution in [3.05, 3.63) is 36.0 Å². The van der Waals surface area contributed by atoms with Gasteiger partial charge in [0.15, 0.2) is 0 Å². The molecule has 0 radical (unpaired) electrons. The summed E-state index contributed by atoms with van der Waals surface area (Å²) in [6.45, 7) is 2.05. The maximum Gasteiger partial charge on any atom is 0.239 e. The van der Waals surface area contributed by atoms with Crippen molar-refractivity contribution in [3.63, 3.8) is 0 Å². The van der Waals surface area contributed by atoms with Crippen LogP contribution in [0.25, 0.3) is 10.9 Å². The largest absolute Gasteiger partial charge is 0.354 e. The summed E-state index contributed by atoms with van der Waals surface area (Å²) in [5, 5.41) is 7.42. The second kappa shape index (κ2) is 5.67. The van der Waals surface area contributed by atoms with Crippen LogP contribution in [0.1, 0.15) is 18.4 Å². The number of nitrogens with zero attached hydrogens (tertiary/aromatic N) is 1. The number of amides is 1. The molecule has 0 bridgehead atoms. The van der Waals surface area contributed by atoms with Crippen LogP contribution < -0.4 is 10.6 Å². The number of carbonyl (C=O) groups excluding carboxylic acids is 1. The van der Waals surface area contributed by atoms with Crippen molar-refractivity contribution in [2.24, 2.45) is 5.92 Å². The molecule has 1 aromatic heterocycles. The van der Waals surface area contributed by atoms with Gasteiger partial charge >= 0.3 is 0 Å². The van der Waals surface area contributed by atoms with Crippen LogP contribution in [0.2, 0.25) is 0 Å². The van der Waals surface area contributed by atoms with E-state index >= 15 is 0 Å². The molecule has 4 nitrogen and oxygen atoms in total. The maximum absolute atomic E-state index is 12.0. The second-order valence-electron chi connectivity index (χ2n) is 5.58. The zero-order valence-electron chi connectivity index (χ0n) is 11.9. The normalized spacial score (nSPS) is 14.7. The molecular formula is C16H21N3O. The highest BCUT2D eigenvalue weighted by Gasteiger charge is 2.21. The zero-order chi connectivity index (χ0) is 13.9. The molecule has 2 aromatic rings. The summed E-state index contributed by atoms with van der Waals surface area (Å²) >= 11 is 0. The Kier molecular flexibility index (Phi) is 3.74. The molecule has 2 N–H and O–H groups in total. The van der Waals surface area contributed by atoms with Crippen LogP contribution in [0.5, 0.6) is 0 Å². The summed E-state index contributed by atoms with van der Waals surface area (Å²) in [5.41, 5.74) is 2.36. The Morgan fingerprint density at radius 3 is 2.90 bits per heavy atom. The lowest BCUT2D eigenvalue weighted by molar-refractivity contribution is -0.121. The molecule has 0 unspecified atom stereocenters. The second-order valence-corrected chi connectivity index (χ2v) is 5.58. The van der Waals surface area contributed by atoms with Crippen LogP contribution in [0.15, 0.2) is 30.5 Å². The van der Waals surface area contributed by atoms with E-state index in [4.69, 9.17) is 0 Å². The Hall–Kier alpha value is -1.81. The van der Waals surface area contributed by atoms with Crippen LogP contribution in [0.4, 0.5) is 0 Å². The van der Waals surface area contributed by atoms with Gasteiger partial charge < -0.3 is 15.2 Å². The summed E-state index contributed by atoms with van der Waals surface area (Å²) in [6, 6.07) is 8.24. The molecule has 1 saturated carbocycles. The van der Waals surface area contributed by atoms with E-state index in [1.807, 2.05) is 23.7 Å². The van der Waals surface area contributed by atoms with Gasteiger partial charge in [0, 0.05) is 30.2 Å². The number of para-hydroxylation sites is 1. The molecule has 0 aliphatic heterocycles. The van der Waals surface area contributed by atoms with E-state index in [1.54, 1.807) is 0 Å². The summed E-state index contributed by atoms with van der Waals surface area (Å²) < 4.78 is 2.05. The minimum atomic E-state index is 0.105. The van der Waals surface area contributed by atoms with E-state index in [-0.39, 0.29) is 5.91 Å². The molecule has 0 spiro atoms. The van der Waals surface area contributed by atoms with Gasteiger partial charge in [-0.2, -0.15) is 0 Å². The number of nitrogens with one attached hydrogen (secondary N) is 2. The van der Waals surface area contributed by atoms with E-state index in [2.05, 4.69) is 29.0 Å². The van der Waals surface area contributed by atoms with Crippen molar-refractivity contribution >= 4 is 16.8 Å². The van der Waals surface area contributed by atoms with Gasteiger partial charge in [0.25, 0.3) is 0 Å². The minimum Gasteiger partial charge on any atom is -0.354 e. The van der Waals surface area contributed by atoms with E-state index in [0.717, 1.165) is 24.5 Å². The van der Waals surface area contributed by atoms with Crippen molar-refractivity contribution in [2.75, 3.05) is 13.6 Å². The first-order valence-corrected chi connectivity index (χ1v) is 7.26. The quantitative estimate of drug-likeness (QED) is 0.843. The van der Waals surface area contributed by atoms with E-state index < -0.39 is 0 Å². The smallest absolute Gasteiger partial charge is 0.239 e. The van der Waals surface area contributed by atoms with E-state index in [1.165, 1.54) is 23.8 Å². The fraction of sp³-hybridized carbons (Fsp3) is 0.438. The van der Waals surface area contributed by atoms with Gasteiger partial charge in [-0.05, 0) is 37.4 Å². The molecule has 0 saturated heterocycles. The fourth-order valence-corrected chi connectivity index (χ4v) is 2.58. The Morgan fingerprint density at radius 2 is 2.15 bits per heavy atom. The van der Waals surface area contributed by atoms with Gasteiger partial charge in [-0.3, -0.25) is 4.79 Å². The molecule has 1 aliphatic rings. The molecule has 1 fully saturated rings. The average Bonchev–Trinajstić information content (AvgIpc) is 3.23. The molecule has 1 amide bonds. The monoisotopic (exact) mass is 271 g/mol. The lowest BCUT2D eigenvalue weighted by atomic mass is 10.2. The lowest BCUT2D eigenvalue weighted by Crippen LogP contribution is -2.29. The van der Waals surface area contributed by atoms with Crippen molar-refractivity contribution in [1.29, 1.82) is 0 Å².